The normalized spacial score (nSPS) is 20.7. The van der Waals surface area contributed by atoms with Gasteiger partial charge < -0.3 is 14.6 Å². The van der Waals surface area contributed by atoms with Crippen LogP contribution in [0.25, 0.3) is 6.08 Å². The van der Waals surface area contributed by atoms with Crippen LogP contribution < -0.4 is 9.47 Å². The van der Waals surface area contributed by atoms with E-state index in [4.69, 9.17) is 9.47 Å². The third-order valence-corrected chi connectivity index (χ3v) is 4.53. The van der Waals surface area contributed by atoms with Crippen molar-refractivity contribution in [1.82, 2.24) is 4.90 Å². The maximum Gasteiger partial charge on any atom is 0.129 e. The SMILES string of the molecule is COc1ccccc1/C=C/CN1CC[C@@H](Oc2cc(F)cc(F)c2)[C@H](O)C1. The van der Waals surface area contributed by atoms with Crippen LogP contribution >= 0.6 is 0 Å². The number of rotatable bonds is 6. The van der Waals surface area contributed by atoms with Crippen molar-refractivity contribution in [2.45, 2.75) is 18.6 Å². The molecule has 2 aromatic carbocycles. The van der Waals surface area contributed by atoms with Gasteiger partial charge in [-0.25, -0.2) is 8.78 Å². The molecular formula is C21H23F2NO3. The Morgan fingerprint density at radius 1 is 1.19 bits per heavy atom. The topological polar surface area (TPSA) is 41.9 Å². The summed E-state index contributed by atoms with van der Waals surface area (Å²) in [5.41, 5.74) is 0.992. The van der Waals surface area contributed by atoms with Gasteiger partial charge in [-0.1, -0.05) is 30.4 Å². The van der Waals surface area contributed by atoms with E-state index in [0.717, 1.165) is 36.1 Å². The lowest BCUT2D eigenvalue weighted by molar-refractivity contribution is -0.0223. The third-order valence-electron chi connectivity index (χ3n) is 4.53. The zero-order chi connectivity index (χ0) is 19.2. The Kier molecular flexibility index (Phi) is 6.42. The molecule has 1 aliphatic heterocycles. The molecule has 0 aliphatic carbocycles. The first-order chi connectivity index (χ1) is 13.0. The van der Waals surface area contributed by atoms with Crippen LogP contribution in [0.1, 0.15) is 12.0 Å². The van der Waals surface area contributed by atoms with Crippen LogP contribution in [-0.4, -0.2) is 49.0 Å². The molecule has 1 saturated heterocycles. The Bertz CT molecular complexity index is 776. The number of hydrogen-bond acceptors (Lipinski definition) is 4. The number of halogens is 2. The number of piperidine rings is 1. The summed E-state index contributed by atoms with van der Waals surface area (Å²) in [5, 5.41) is 10.3. The van der Waals surface area contributed by atoms with Gasteiger partial charge in [0.2, 0.25) is 0 Å². The number of nitrogens with zero attached hydrogens (tertiary/aromatic N) is 1. The Morgan fingerprint density at radius 2 is 1.93 bits per heavy atom. The molecule has 0 amide bonds. The van der Waals surface area contributed by atoms with Crippen LogP contribution in [-0.2, 0) is 0 Å². The first kappa shape index (κ1) is 19.3. The molecule has 1 fully saturated rings. The summed E-state index contributed by atoms with van der Waals surface area (Å²) >= 11 is 0. The van der Waals surface area contributed by atoms with Crippen LogP contribution in [0.4, 0.5) is 8.78 Å². The molecule has 27 heavy (non-hydrogen) atoms. The number of methoxy groups -OCH3 is 1. The van der Waals surface area contributed by atoms with Gasteiger partial charge in [-0.3, -0.25) is 4.90 Å². The van der Waals surface area contributed by atoms with E-state index >= 15 is 0 Å². The van der Waals surface area contributed by atoms with Crippen molar-refractivity contribution in [3.05, 3.63) is 65.7 Å². The molecule has 0 aromatic heterocycles. The summed E-state index contributed by atoms with van der Waals surface area (Å²) < 4.78 is 37.4. The van der Waals surface area contributed by atoms with E-state index in [0.29, 0.717) is 19.5 Å². The molecule has 1 heterocycles. The van der Waals surface area contributed by atoms with Crippen molar-refractivity contribution in [3.63, 3.8) is 0 Å². The summed E-state index contributed by atoms with van der Waals surface area (Å²) in [4.78, 5) is 2.10. The van der Waals surface area contributed by atoms with Crippen LogP contribution in [0, 0.1) is 11.6 Å². The van der Waals surface area contributed by atoms with E-state index < -0.39 is 23.8 Å². The van der Waals surface area contributed by atoms with Gasteiger partial charge in [0.25, 0.3) is 0 Å². The maximum atomic E-state index is 13.3. The van der Waals surface area contributed by atoms with Crippen molar-refractivity contribution in [3.8, 4) is 11.5 Å². The molecule has 4 nitrogen and oxygen atoms in total. The molecule has 0 spiro atoms. The highest BCUT2D eigenvalue weighted by atomic mass is 19.1. The van der Waals surface area contributed by atoms with Gasteiger partial charge in [0.1, 0.15) is 35.3 Å². The highest BCUT2D eigenvalue weighted by molar-refractivity contribution is 5.57. The average Bonchev–Trinajstić information content (AvgIpc) is 2.63. The first-order valence-corrected chi connectivity index (χ1v) is 8.88. The minimum atomic E-state index is -0.732. The Morgan fingerprint density at radius 3 is 2.63 bits per heavy atom. The number of β-amino-alcohol motifs (C(OH)–C–C–N with tert-alkyl or cyclic N) is 1. The molecule has 144 valence electrons. The number of aliphatic hydroxyl groups excluding tert-OH is 1. The van der Waals surface area contributed by atoms with Gasteiger partial charge in [-0.15, -0.1) is 0 Å². The van der Waals surface area contributed by atoms with Gasteiger partial charge in [0, 0.05) is 43.4 Å². The maximum absolute atomic E-state index is 13.3. The molecule has 0 bridgehead atoms. The van der Waals surface area contributed by atoms with Gasteiger partial charge in [-0.2, -0.15) is 0 Å². The highest BCUT2D eigenvalue weighted by Crippen LogP contribution is 2.22. The Balaban J connectivity index is 1.53. The Hall–Kier alpha value is -2.44. The van der Waals surface area contributed by atoms with Crippen molar-refractivity contribution in [2.24, 2.45) is 0 Å². The van der Waals surface area contributed by atoms with Gasteiger partial charge in [0.05, 0.1) is 7.11 Å². The van der Waals surface area contributed by atoms with E-state index in [1.165, 1.54) is 0 Å². The Labute approximate surface area is 157 Å². The molecule has 3 rings (SSSR count). The van der Waals surface area contributed by atoms with E-state index in [2.05, 4.69) is 4.90 Å². The number of aliphatic hydroxyl groups is 1. The summed E-state index contributed by atoms with van der Waals surface area (Å²) in [6.45, 7) is 1.82. The van der Waals surface area contributed by atoms with Gasteiger partial charge in [0.15, 0.2) is 0 Å². The molecule has 6 heteroatoms. The standard InChI is InChI=1S/C21H23F2NO3/c1-26-20-7-3-2-5-15(20)6-4-9-24-10-8-21(19(25)14-24)27-18-12-16(22)11-17(23)13-18/h2-7,11-13,19,21,25H,8-10,14H2,1H3/b6-4+/t19-,21-/m1/s1. The second-order valence-corrected chi connectivity index (χ2v) is 6.52. The summed E-state index contributed by atoms with van der Waals surface area (Å²) in [5.74, 6) is -0.485. The van der Waals surface area contributed by atoms with E-state index in [-0.39, 0.29) is 5.75 Å². The quantitative estimate of drug-likeness (QED) is 0.839. The third kappa shape index (κ3) is 5.28. The highest BCUT2D eigenvalue weighted by Gasteiger charge is 2.29. The lowest BCUT2D eigenvalue weighted by Crippen LogP contribution is -2.48. The zero-order valence-corrected chi connectivity index (χ0v) is 15.1. The summed E-state index contributed by atoms with van der Waals surface area (Å²) in [6, 6.07) is 10.8. The molecule has 0 saturated carbocycles. The molecular weight excluding hydrogens is 352 g/mol. The number of likely N-dealkylation sites (tertiary alicyclic amines) is 1. The lowest BCUT2D eigenvalue weighted by atomic mass is 10.0. The minimum absolute atomic E-state index is 0.0982. The minimum Gasteiger partial charge on any atom is -0.496 e. The monoisotopic (exact) mass is 375 g/mol. The summed E-state index contributed by atoms with van der Waals surface area (Å²) in [7, 11) is 1.64. The molecule has 1 N–H and O–H groups in total. The van der Waals surface area contributed by atoms with E-state index in [1.807, 2.05) is 36.4 Å². The average molecular weight is 375 g/mol. The van der Waals surface area contributed by atoms with Gasteiger partial charge in [-0.05, 0) is 12.5 Å². The first-order valence-electron chi connectivity index (χ1n) is 8.88. The molecule has 2 atom stereocenters. The van der Waals surface area contributed by atoms with E-state index in [9.17, 15) is 13.9 Å². The molecule has 2 aromatic rings. The second kappa shape index (κ2) is 8.97. The molecule has 0 unspecified atom stereocenters. The second-order valence-electron chi connectivity index (χ2n) is 6.52. The zero-order valence-electron chi connectivity index (χ0n) is 15.1. The molecule has 0 radical (unpaired) electrons. The smallest absolute Gasteiger partial charge is 0.129 e. The predicted molar refractivity (Wildman–Crippen MR) is 99.9 cm³/mol. The van der Waals surface area contributed by atoms with E-state index in [1.54, 1.807) is 7.11 Å². The number of para-hydroxylation sites is 1. The van der Waals surface area contributed by atoms with Crippen molar-refractivity contribution in [1.29, 1.82) is 0 Å². The number of ether oxygens (including phenoxy) is 2. The largest absolute Gasteiger partial charge is 0.496 e. The summed E-state index contributed by atoms with van der Waals surface area (Å²) in [6.07, 6.45) is 3.36. The van der Waals surface area contributed by atoms with Crippen molar-refractivity contribution in [2.75, 3.05) is 26.7 Å². The van der Waals surface area contributed by atoms with Crippen LogP contribution in [0.3, 0.4) is 0 Å². The van der Waals surface area contributed by atoms with Crippen LogP contribution in [0.15, 0.2) is 48.5 Å². The predicted octanol–water partition coefficient (Wildman–Crippen LogP) is 3.50. The van der Waals surface area contributed by atoms with Crippen molar-refractivity contribution < 1.29 is 23.4 Å². The fourth-order valence-electron chi connectivity index (χ4n) is 3.18. The van der Waals surface area contributed by atoms with Gasteiger partial charge >= 0.3 is 0 Å². The number of hydrogen-bond donors (Lipinski definition) is 1. The molecule has 1 aliphatic rings. The van der Waals surface area contributed by atoms with Crippen molar-refractivity contribution >= 4 is 6.08 Å². The number of benzene rings is 2. The fourth-order valence-corrected chi connectivity index (χ4v) is 3.18. The lowest BCUT2D eigenvalue weighted by Gasteiger charge is -2.35. The fraction of sp³-hybridized carbons (Fsp3) is 0.333. The van der Waals surface area contributed by atoms with Crippen LogP contribution in [0.5, 0.6) is 11.5 Å². The van der Waals surface area contributed by atoms with Crippen LogP contribution in [0.2, 0.25) is 0 Å².